The fourth-order valence-electron chi connectivity index (χ4n) is 1.07. The predicted octanol–water partition coefficient (Wildman–Crippen LogP) is 2.42. The minimum absolute atomic E-state index is 0.315. The lowest BCUT2D eigenvalue weighted by molar-refractivity contribution is 0.199. The van der Waals surface area contributed by atoms with Gasteiger partial charge in [-0.05, 0) is 32.4 Å². The van der Waals surface area contributed by atoms with Gasteiger partial charge in [-0.15, -0.1) is 11.3 Å². The van der Waals surface area contributed by atoms with E-state index in [1.807, 2.05) is 13.0 Å². The summed E-state index contributed by atoms with van der Waals surface area (Å²) in [6.45, 7) is 5.90. The Morgan fingerprint density at radius 2 is 2.10 bits per heavy atom. The Hall–Kier alpha value is -0.340. The zero-order valence-electron chi connectivity index (χ0n) is 6.51. The van der Waals surface area contributed by atoms with Crippen LogP contribution in [-0.4, -0.2) is 5.11 Å². The molecule has 1 aromatic heterocycles. The molecule has 1 nitrogen and oxygen atoms in total. The Bertz CT molecular complexity index is 225. The molecule has 0 aromatic carbocycles. The maximum Gasteiger partial charge on any atom is 0.0772 e. The minimum Gasteiger partial charge on any atom is -0.389 e. The second kappa shape index (κ2) is 2.72. The van der Waals surface area contributed by atoms with Crippen LogP contribution in [-0.2, 0) is 0 Å². The Morgan fingerprint density at radius 3 is 2.30 bits per heavy atom. The lowest BCUT2D eigenvalue weighted by Gasteiger charge is -2.00. The largest absolute Gasteiger partial charge is 0.389 e. The summed E-state index contributed by atoms with van der Waals surface area (Å²) in [7, 11) is 0. The second-order valence-electron chi connectivity index (χ2n) is 2.54. The highest BCUT2D eigenvalue weighted by Crippen LogP contribution is 2.25. The van der Waals surface area contributed by atoms with Crippen molar-refractivity contribution in [2.45, 2.75) is 26.9 Å². The van der Waals surface area contributed by atoms with Crippen molar-refractivity contribution < 1.29 is 5.11 Å². The number of aliphatic hydroxyl groups is 1. The number of thiophene rings is 1. The molecule has 56 valence electrons. The number of aryl methyl sites for hydroxylation is 2. The molecule has 1 N–H and O–H groups in total. The number of rotatable bonds is 1. The standard InChI is InChI=1S/C8H12OS/c1-5-4-8(6(2)9)7(3)10-5/h4,6,9H,1-3H3/t6-/m1/s1. The van der Waals surface area contributed by atoms with Crippen molar-refractivity contribution in [3.63, 3.8) is 0 Å². The van der Waals surface area contributed by atoms with E-state index in [1.54, 1.807) is 18.3 Å². The van der Waals surface area contributed by atoms with Crippen LogP contribution in [0.4, 0.5) is 0 Å². The molecule has 0 unspecified atom stereocenters. The van der Waals surface area contributed by atoms with Crippen molar-refractivity contribution in [2.24, 2.45) is 0 Å². The van der Waals surface area contributed by atoms with E-state index in [1.165, 1.54) is 9.75 Å². The third kappa shape index (κ3) is 1.39. The van der Waals surface area contributed by atoms with Crippen LogP contribution in [0.2, 0.25) is 0 Å². The molecule has 0 saturated carbocycles. The molecule has 0 saturated heterocycles. The third-order valence-electron chi connectivity index (χ3n) is 1.53. The predicted molar refractivity (Wildman–Crippen MR) is 44.4 cm³/mol. The maximum absolute atomic E-state index is 9.22. The average molecular weight is 156 g/mol. The van der Waals surface area contributed by atoms with Gasteiger partial charge >= 0.3 is 0 Å². The topological polar surface area (TPSA) is 20.2 Å². The molecule has 0 fully saturated rings. The molecule has 1 rings (SSSR count). The third-order valence-corrected chi connectivity index (χ3v) is 2.51. The van der Waals surface area contributed by atoms with Gasteiger partial charge in [0, 0.05) is 9.75 Å². The normalized spacial score (nSPS) is 13.6. The molecule has 1 aromatic rings. The molecule has 0 aliphatic heterocycles. The average Bonchev–Trinajstić information content (AvgIpc) is 2.10. The van der Waals surface area contributed by atoms with Gasteiger partial charge in [0.2, 0.25) is 0 Å². The molecule has 0 bridgehead atoms. The van der Waals surface area contributed by atoms with Crippen LogP contribution in [0.15, 0.2) is 6.07 Å². The van der Waals surface area contributed by atoms with Gasteiger partial charge in [0.05, 0.1) is 6.10 Å². The number of hydrogen-bond acceptors (Lipinski definition) is 2. The fourth-order valence-corrected chi connectivity index (χ4v) is 2.08. The van der Waals surface area contributed by atoms with Crippen molar-refractivity contribution in [1.82, 2.24) is 0 Å². The van der Waals surface area contributed by atoms with Gasteiger partial charge in [0.15, 0.2) is 0 Å². The first-order chi connectivity index (χ1) is 4.61. The molecule has 0 aliphatic carbocycles. The van der Waals surface area contributed by atoms with E-state index in [0.29, 0.717) is 0 Å². The zero-order valence-corrected chi connectivity index (χ0v) is 7.33. The molecule has 0 radical (unpaired) electrons. The van der Waals surface area contributed by atoms with E-state index in [0.717, 1.165) is 5.56 Å². The van der Waals surface area contributed by atoms with Crippen molar-refractivity contribution >= 4 is 11.3 Å². The van der Waals surface area contributed by atoms with Gasteiger partial charge in [-0.2, -0.15) is 0 Å². The van der Waals surface area contributed by atoms with Crippen LogP contribution >= 0.6 is 11.3 Å². The Balaban J connectivity index is 3.03. The summed E-state index contributed by atoms with van der Waals surface area (Å²) < 4.78 is 0. The van der Waals surface area contributed by atoms with E-state index < -0.39 is 0 Å². The molecule has 1 atom stereocenters. The first kappa shape index (κ1) is 7.76. The molecule has 0 aliphatic rings. The van der Waals surface area contributed by atoms with Gasteiger partial charge in [-0.25, -0.2) is 0 Å². The summed E-state index contributed by atoms with van der Waals surface area (Å²) in [5, 5.41) is 9.22. The van der Waals surface area contributed by atoms with Crippen LogP contribution < -0.4 is 0 Å². The molecular formula is C8H12OS. The lowest BCUT2D eigenvalue weighted by Crippen LogP contribution is -1.88. The van der Waals surface area contributed by atoms with Gasteiger partial charge in [0.25, 0.3) is 0 Å². The van der Waals surface area contributed by atoms with Gasteiger partial charge < -0.3 is 5.11 Å². The highest BCUT2D eigenvalue weighted by molar-refractivity contribution is 7.12. The first-order valence-corrected chi connectivity index (χ1v) is 4.18. The highest BCUT2D eigenvalue weighted by Gasteiger charge is 2.06. The van der Waals surface area contributed by atoms with Gasteiger partial charge in [-0.1, -0.05) is 0 Å². The second-order valence-corrected chi connectivity index (χ2v) is 4.00. The monoisotopic (exact) mass is 156 g/mol. The Kier molecular flexibility index (Phi) is 2.11. The summed E-state index contributed by atoms with van der Waals surface area (Å²) in [6, 6.07) is 2.05. The minimum atomic E-state index is -0.315. The van der Waals surface area contributed by atoms with Crippen LogP contribution in [0.5, 0.6) is 0 Å². The van der Waals surface area contributed by atoms with Crippen LogP contribution in [0.1, 0.15) is 28.3 Å². The quantitative estimate of drug-likeness (QED) is 0.662. The van der Waals surface area contributed by atoms with E-state index >= 15 is 0 Å². The summed E-state index contributed by atoms with van der Waals surface area (Å²) >= 11 is 1.74. The Labute approximate surface area is 65.3 Å². The van der Waals surface area contributed by atoms with Crippen molar-refractivity contribution in [2.75, 3.05) is 0 Å². The molecule has 2 heteroatoms. The summed E-state index contributed by atoms with van der Waals surface area (Å²) in [5.41, 5.74) is 1.07. The molecular weight excluding hydrogens is 144 g/mol. The van der Waals surface area contributed by atoms with E-state index in [9.17, 15) is 5.11 Å². The molecule has 0 spiro atoms. The lowest BCUT2D eigenvalue weighted by atomic mass is 10.1. The zero-order chi connectivity index (χ0) is 7.72. The summed E-state index contributed by atoms with van der Waals surface area (Å²) in [5.74, 6) is 0. The first-order valence-electron chi connectivity index (χ1n) is 3.36. The number of aliphatic hydroxyl groups excluding tert-OH is 1. The van der Waals surface area contributed by atoms with E-state index in [2.05, 4.69) is 6.92 Å². The number of hydrogen-bond donors (Lipinski definition) is 1. The molecule has 1 heterocycles. The highest BCUT2D eigenvalue weighted by atomic mass is 32.1. The van der Waals surface area contributed by atoms with Gasteiger partial charge in [-0.3, -0.25) is 0 Å². The van der Waals surface area contributed by atoms with Crippen LogP contribution in [0, 0.1) is 13.8 Å². The van der Waals surface area contributed by atoms with E-state index in [-0.39, 0.29) is 6.10 Å². The summed E-state index contributed by atoms with van der Waals surface area (Å²) in [6.07, 6.45) is -0.315. The van der Waals surface area contributed by atoms with Crippen molar-refractivity contribution in [1.29, 1.82) is 0 Å². The Morgan fingerprint density at radius 1 is 1.50 bits per heavy atom. The van der Waals surface area contributed by atoms with Crippen molar-refractivity contribution in [3.05, 3.63) is 21.4 Å². The van der Waals surface area contributed by atoms with Gasteiger partial charge in [0.1, 0.15) is 0 Å². The van der Waals surface area contributed by atoms with Crippen LogP contribution in [0.25, 0.3) is 0 Å². The fraction of sp³-hybridized carbons (Fsp3) is 0.500. The van der Waals surface area contributed by atoms with Crippen LogP contribution in [0.3, 0.4) is 0 Å². The smallest absolute Gasteiger partial charge is 0.0772 e. The van der Waals surface area contributed by atoms with E-state index in [4.69, 9.17) is 0 Å². The maximum atomic E-state index is 9.22. The molecule has 10 heavy (non-hydrogen) atoms. The molecule has 0 amide bonds. The SMILES string of the molecule is Cc1cc([C@@H](C)O)c(C)s1. The van der Waals surface area contributed by atoms with Crippen molar-refractivity contribution in [3.8, 4) is 0 Å². The summed E-state index contributed by atoms with van der Waals surface area (Å²) in [4.78, 5) is 2.50.